The predicted molar refractivity (Wildman–Crippen MR) is 160 cm³/mol. The van der Waals surface area contributed by atoms with E-state index in [1.165, 1.54) is 17.3 Å². The number of benzene rings is 3. The van der Waals surface area contributed by atoms with E-state index in [0.717, 1.165) is 22.5 Å². The van der Waals surface area contributed by atoms with Crippen molar-refractivity contribution in [1.29, 1.82) is 0 Å². The molecule has 0 aliphatic rings. The molecule has 0 saturated heterocycles. The first-order valence-corrected chi connectivity index (χ1v) is 14.1. The third-order valence-corrected chi connectivity index (χ3v) is 7.17. The van der Waals surface area contributed by atoms with E-state index in [1.54, 1.807) is 13.3 Å². The zero-order valence-electron chi connectivity index (χ0n) is 23.5. The number of hydrogen-bond donors (Lipinski definition) is 1. The molecule has 0 radical (unpaired) electrons. The van der Waals surface area contributed by atoms with Crippen LogP contribution in [-0.4, -0.2) is 39.7 Å². The van der Waals surface area contributed by atoms with E-state index in [-0.39, 0.29) is 17.1 Å². The predicted octanol–water partition coefficient (Wildman–Crippen LogP) is 6.09. The minimum atomic E-state index is -0.239. The summed E-state index contributed by atoms with van der Waals surface area (Å²) in [6.45, 7) is 9.72. The molecular weight excluding hydrogens is 522 g/mol. The van der Waals surface area contributed by atoms with Gasteiger partial charge in [0.05, 0.1) is 19.1 Å². The van der Waals surface area contributed by atoms with Crippen LogP contribution in [0.5, 0.6) is 11.5 Å². The molecule has 9 heteroatoms. The molecule has 40 heavy (non-hydrogen) atoms. The summed E-state index contributed by atoms with van der Waals surface area (Å²) >= 11 is 1.33. The number of rotatable bonds is 11. The maximum absolute atomic E-state index is 12.5. The van der Waals surface area contributed by atoms with Crippen LogP contribution in [0.25, 0.3) is 11.4 Å². The molecule has 4 rings (SSSR count). The number of carbonyl (C=O) groups excluding carboxylic acids is 1. The molecule has 208 valence electrons. The normalized spacial score (nSPS) is 11.5. The Hall–Kier alpha value is -4.11. The first-order chi connectivity index (χ1) is 19.3. The number of carbonyl (C=O) groups is 1. The van der Waals surface area contributed by atoms with Crippen molar-refractivity contribution < 1.29 is 14.3 Å². The fraction of sp³-hybridized carbons (Fsp3) is 0.290. The molecular formula is C31H35N5O3S. The van der Waals surface area contributed by atoms with Crippen LogP contribution in [0.15, 0.2) is 83.1 Å². The van der Waals surface area contributed by atoms with Gasteiger partial charge in [0, 0.05) is 12.1 Å². The van der Waals surface area contributed by atoms with E-state index in [1.807, 2.05) is 60.0 Å². The standard InChI is InChI=1S/C31H35N5O3S/c1-6-36-29(24-13-15-25(16-14-24)31(2,3)4)34-35-30(36)40-21-28(37)33-32-19-23-12-17-26(38-5)27(18-23)39-20-22-10-8-7-9-11-22/h7-19H,6,20-21H2,1-5H3,(H,33,37)/b32-19+. The summed E-state index contributed by atoms with van der Waals surface area (Å²) in [7, 11) is 1.60. The smallest absolute Gasteiger partial charge is 0.250 e. The Morgan fingerprint density at radius 3 is 2.45 bits per heavy atom. The number of ether oxygens (including phenoxy) is 2. The quantitative estimate of drug-likeness (QED) is 0.136. The van der Waals surface area contributed by atoms with Gasteiger partial charge in [0.25, 0.3) is 5.91 Å². The average molecular weight is 558 g/mol. The highest BCUT2D eigenvalue weighted by molar-refractivity contribution is 7.99. The van der Waals surface area contributed by atoms with E-state index in [4.69, 9.17) is 9.47 Å². The van der Waals surface area contributed by atoms with Crippen molar-refractivity contribution in [1.82, 2.24) is 20.2 Å². The van der Waals surface area contributed by atoms with E-state index in [2.05, 4.69) is 65.8 Å². The molecule has 8 nitrogen and oxygen atoms in total. The zero-order chi connectivity index (χ0) is 28.5. The summed E-state index contributed by atoms with van der Waals surface area (Å²) in [6.07, 6.45) is 1.57. The van der Waals surface area contributed by atoms with Gasteiger partial charge in [-0.2, -0.15) is 5.10 Å². The number of nitrogens with one attached hydrogen (secondary N) is 1. The van der Waals surface area contributed by atoms with Gasteiger partial charge in [-0.3, -0.25) is 4.79 Å². The van der Waals surface area contributed by atoms with Crippen molar-refractivity contribution in [2.24, 2.45) is 5.10 Å². The highest BCUT2D eigenvalue weighted by Crippen LogP contribution is 2.29. The summed E-state index contributed by atoms with van der Waals surface area (Å²) in [4.78, 5) is 12.5. The van der Waals surface area contributed by atoms with E-state index in [9.17, 15) is 4.79 Å². The third kappa shape index (κ3) is 7.51. The molecule has 0 spiro atoms. The molecule has 0 bridgehead atoms. The van der Waals surface area contributed by atoms with Gasteiger partial charge in [0.15, 0.2) is 22.5 Å². The number of amides is 1. The van der Waals surface area contributed by atoms with E-state index < -0.39 is 0 Å². The highest BCUT2D eigenvalue weighted by Gasteiger charge is 2.17. The number of methoxy groups -OCH3 is 1. The summed E-state index contributed by atoms with van der Waals surface area (Å²) in [5.74, 6) is 1.93. The zero-order valence-corrected chi connectivity index (χ0v) is 24.4. The van der Waals surface area contributed by atoms with Gasteiger partial charge in [-0.15, -0.1) is 10.2 Å². The molecule has 1 N–H and O–H groups in total. The molecule has 0 unspecified atom stereocenters. The largest absolute Gasteiger partial charge is 0.493 e. The summed E-state index contributed by atoms with van der Waals surface area (Å²) in [5, 5.41) is 13.5. The van der Waals surface area contributed by atoms with Crippen LogP contribution in [0.1, 0.15) is 44.4 Å². The maximum Gasteiger partial charge on any atom is 0.250 e. The first-order valence-electron chi connectivity index (χ1n) is 13.1. The van der Waals surface area contributed by atoms with Crippen molar-refractivity contribution in [3.05, 3.63) is 89.5 Å². The molecule has 0 atom stereocenters. The number of aromatic nitrogens is 3. The average Bonchev–Trinajstić information content (AvgIpc) is 3.38. The number of thioether (sulfide) groups is 1. The van der Waals surface area contributed by atoms with Gasteiger partial charge in [0.1, 0.15) is 6.61 Å². The van der Waals surface area contributed by atoms with Crippen molar-refractivity contribution in [2.45, 2.75) is 51.4 Å². The van der Waals surface area contributed by atoms with Crippen LogP contribution in [0.4, 0.5) is 0 Å². The molecule has 0 aliphatic heterocycles. The summed E-state index contributed by atoms with van der Waals surface area (Å²) in [6, 6.07) is 23.8. The Morgan fingerprint density at radius 2 is 1.77 bits per heavy atom. The van der Waals surface area contributed by atoms with Crippen molar-refractivity contribution >= 4 is 23.9 Å². The van der Waals surface area contributed by atoms with Crippen LogP contribution in [-0.2, 0) is 23.4 Å². The lowest BCUT2D eigenvalue weighted by molar-refractivity contribution is -0.118. The third-order valence-electron chi connectivity index (χ3n) is 6.20. The minimum Gasteiger partial charge on any atom is -0.493 e. The monoisotopic (exact) mass is 557 g/mol. The van der Waals surface area contributed by atoms with Crippen LogP contribution >= 0.6 is 11.8 Å². The van der Waals surface area contributed by atoms with E-state index >= 15 is 0 Å². The lowest BCUT2D eigenvalue weighted by Gasteiger charge is -2.19. The second kappa shape index (κ2) is 13.3. The Bertz CT molecular complexity index is 1440. The fourth-order valence-electron chi connectivity index (χ4n) is 3.98. The lowest BCUT2D eigenvalue weighted by Crippen LogP contribution is -2.20. The Balaban J connectivity index is 1.34. The SMILES string of the molecule is CCn1c(SCC(=O)N/N=C/c2ccc(OC)c(OCc3ccccc3)c2)nnc1-c1ccc(C(C)(C)C)cc1. The van der Waals surface area contributed by atoms with Gasteiger partial charge >= 0.3 is 0 Å². The van der Waals surface area contributed by atoms with Crippen LogP contribution in [0, 0.1) is 0 Å². The Morgan fingerprint density at radius 1 is 1.02 bits per heavy atom. The second-order valence-electron chi connectivity index (χ2n) is 10.1. The number of hydrogen-bond acceptors (Lipinski definition) is 7. The van der Waals surface area contributed by atoms with Gasteiger partial charge in [0.2, 0.25) is 0 Å². The number of hydrazone groups is 1. The maximum atomic E-state index is 12.5. The van der Waals surface area contributed by atoms with Crippen molar-refractivity contribution in [3.8, 4) is 22.9 Å². The van der Waals surface area contributed by atoms with Crippen LogP contribution in [0.2, 0.25) is 0 Å². The molecule has 0 aliphatic carbocycles. The summed E-state index contributed by atoms with van der Waals surface area (Å²) < 4.78 is 13.4. The lowest BCUT2D eigenvalue weighted by atomic mass is 9.87. The van der Waals surface area contributed by atoms with Gasteiger partial charge in [-0.1, -0.05) is 87.1 Å². The summed E-state index contributed by atoms with van der Waals surface area (Å²) in [5.41, 5.74) is 6.74. The van der Waals surface area contributed by atoms with Gasteiger partial charge in [-0.05, 0) is 47.2 Å². The molecule has 1 heterocycles. The van der Waals surface area contributed by atoms with Gasteiger partial charge in [-0.25, -0.2) is 5.43 Å². The van der Waals surface area contributed by atoms with Crippen LogP contribution in [0.3, 0.4) is 0 Å². The molecule has 3 aromatic carbocycles. The number of nitrogens with zero attached hydrogens (tertiary/aromatic N) is 4. The topological polar surface area (TPSA) is 90.6 Å². The molecule has 1 amide bonds. The fourth-order valence-corrected chi connectivity index (χ4v) is 4.77. The van der Waals surface area contributed by atoms with Gasteiger partial charge < -0.3 is 14.0 Å². The molecule has 0 saturated carbocycles. The Labute approximate surface area is 239 Å². The first kappa shape index (κ1) is 28.9. The minimum absolute atomic E-state index is 0.0830. The van der Waals surface area contributed by atoms with E-state index in [0.29, 0.717) is 29.8 Å². The van der Waals surface area contributed by atoms with Crippen molar-refractivity contribution in [3.63, 3.8) is 0 Å². The molecule has 4 aromatic rings. The second-order valence-corrected chi connectivity index (χ2v) is 11.1. The Kier molecular flexibility index (Phi) is 9.60. The molecule has 1 aromatic heterocycles. The van der Waals surface area contributed by atoms with Crippen molar-refractivity contribution in [2.75, 3.05) is 12.9 Å². The molecule has 0 fully saturated rings. The highest BCUT2D eigenvalue weighted by atomic mass is 32.2. The van der Waals surface area contributed by atoms with Crippen LogP contribution < -0.4 is 14.9 Å².